The first kappa shape index (κ1) is 22.1. The van der Waals surface area contributed by atoms with E-state index in [1.54, 1.807) is 14.1 Å². The molecule has 0 aliphatic carbocycles. The number of hydrogen-bond acceptors (Lipinski definition) is 4. The van der Waals surface area contributed by atoms with Crippen LogP contribution in [-0.4, -0.2) is 47.0 Å². The molecule has 2 aromatic rings. The summed E-state index contributed by atoms with van der Waals surface area (Å²) in [5.41, 5.74) is -2.11. The number of aliphatic imine (C=N–C) groups is 1. The van der Waals surface area contributed by atoms with Crippen molar-refractivity contribution in [1.29, 1.82) is 0 Å². The van der Waals surface area contributed by atoms with Crippen molar-refractivity contribution in [3.05, 3.63) is 59.4 Å². The van der Waals surface area contributed by atoms with E-state index in [1.165, 1.54) is 18.2 Å². The number of halogens is 3. The van der Waals surface area contributed by atoms with Crippen LogP contribution in [-0.2, 0) is 5.60 Å². The van der Waals surface area contributed by atoms with Crippen molar-refractivity contribution in [2.24, 2.45) is 4.99 Å². The normalized spacial score (nSPS) is 14.1. The molecule has 0 aliphatic heterocycles. The predicted octanol–water partition coefficient (Wildman–Crippen LogP) is 2.72. The van der Waals surface area contributed by atoms with E-state index in [1.807, 2.05) is 0 Å². The maximum Gasteiger partial charge on any atom is 0.163 e. The van der Waals surface area contributed by atoms with E-state index in [-0.39, 0.29) is 17.8 Å². The summed E-state index contributed by atoms with van der Waals surface area (Å²) < 4.78 is 41.8. The Morgan fingerprint density at radius 3 is 2.52 bits per heavy atom. The molecule has 0 aliphatic rings. The van der Waals surface area contributed by atoms with Gasteiger partial charge in [0.25, 0.3) is 0 Å². The van der Waals surface area contributed by atoms with E-state index in [9.17, 15) is 18.3 Å². The highest BCUT2D eigenvalue weighted by atomic mass is 19.1. The largest absolute Gasteiger partial charge is 0.382 e. The summed E-state index contributed by atoms with van der Waals surface area (Å²) in [5, 5.41) is 11.3. The van der Waals surface area contributed by atoms with Crippen LogP contribution in [0.3, 0.4) is 0 Å². The van der Waals surface area contributed by atoms with Crippen molar-refractivity contribution < 1.29 is 18.3 Å². The fourth-order valence-corrected chi connectivity index (χ4v) is 2.78. The van der Waals surface area contributed by atoms with Gasteiger partial charge in [-0.05, 0) is 6.07 Å². The van der Waals surface area contributed by atoms with Gasteiger partial charge >= 0.3 is 0 Å². The van der Waals surface area contributed by atoms with Crippen LogP contribution >= 0.6 is 0 Å². The van der Waals surface area contributed by atoms with Gasteiger partial charge in [0.15, 0.2) is 5.82 Å². The Balaban J connectivity index is 0.00000176. The zero-order valence-electron chi connectivity index (χ0n) is 15.3. The van der Waals surface area contributed by atoms with E-state index in [4.69, 9.17) is 0 Å². The standard InChI is InChI=1S/C17H19F3N4O.C2H2/c1-11(16-15(20)7-22-9-23-16)17(25,8-24(3)10-21-2)13-5-4-12(18)6-14(13)19;1-2/h4-7,9-11,25H,8H2,1-3H3;1-2H/t11?,17-;/m1./s1. The molecule has 1 heterocycles. The van der Waals surface area contributed by atoms with Gasteiger partial charge in [0.2, 0.25) is 0 Å². The molecule has 0 amide bonds. The van der Waals surface area contributed by atoms with E-state index >= 15 is 0 Å². The molecule has 1 aromatic heterocycles. The molecular weight excluding hydrogens is 357 g/mol. The average Bonchev–Trinajstić information content (AvgIpc) is 2.63. The van der Waals surface area contributed by atoms with Crippen molar-refractivity contribution in [1.82, 2.24) is 14.9 Å². The monoisotopic (exact) mass is 378 g/mol. The molecular formula is C19H21F3N4O. The fourth-order valence-electron chi connectivity index (χ4n) is 2.78. The lowest BCUT2D eigenvalue weighted by atomic mass is 9.79. The maximum atomic E-state index is 14.4. The molecule has 2 atom stereocenters. The van der Waals surface area contributed by atoms with E-state index < -0.39 is 29.0 Å². The van der Waals surface area contributed by atoms with Gasteiger partial charge in [0.05, 0.1) is 24.8 Å². The minimum absolute atomic E-state index is 0.0666. The molecule has 0 spiro atoms. The van der Waals surface area contributed by atoms with E-state index in [0.717, 1.165) is 24.7 Å². The Kier molecular flexibility index (Phi) is 7.94. The van der Waals surface area contributed by atoms with Gasteiger partial charge < -0.3 is 10.0 Å². The van der Waals surface area contributed by atoms with Gasteiger partial charge in [-0.25, -0.2) is 23.1 Å². The quantitative estimate of drug-likeness (QED) is 0.477. The lowest BCUT2D eigenvalue weighted by molar-refractivity contribution is -0.00715. The van der Waals surface area contributed by atoms with Gasteiger partial charge in [-0.1, -0.05) is 13.0 Å². The minimum atomic E-state index is -1.89. The van der Waals surface area contributed by atoms with Crippen molar-refractivity contribution in [3.63, 3.8) is 0 Å². The van der Waals surface area contributed by atoms with Gasteiger partial charge in [-0.3, -0.25) is 4.99 Å². The summed E-state index contributed by atoms with van der Waals surface area (Å²) in [7, 11) is 3.17. The number of benzene rings is 1. The molecule has 0 bridgehead atoms. The highest BCUT2D eigenvalue weighted by molar-refractivity contribution is 5.54. The lowest BCUT2D eigenvalue weighted by Crippen LogP contribution is -2.44. The molecule has 0 saturated heterocycles. The van der Waals surface area contributed by atoms with E-state index in [2.05, 4.69) is 27.8 Å². The Bertz CT molecular complexity index is 813. The molecule has 0 radical (unpaired) electrons. The summed E-state index contributed by atoms with van der Waals surface area (Å²) in [6.07, 6.45) is 11.6. The number of terminal acetylenes is 1. The SMILES string of the molecule is C#C.CN=CN(C)C[C@](O)(c1ccc(F)cc1F)C(C)c1ncncc1F. The smallest absolute Gasteiger partial charge is 0.163 e. The molecule has 2 rings (SSSR count). The third kappa shape index (κ3) is 5.05. The summed E-state index contributed by atoms with van der Waals surface area (Å²) in [4.78, 5) is 12.8. The third-order valence-electron chi connectivity index (χ3n) is 4.02. The second-order valence-electron chi connectivity index (χ2n) is 5.81. The second kappa shape index (κ2) is 9.69. The van der Waals surface area contributed by atoms with Crippen LogP contribution in [0.2, 0.25) is 0 Å². The molecule has 1 aromatic carbocycles. The number of nitrogens with zero attached hydrogens (tertiary/aromatic N) is 4. The van der Waals surface area contributed by atoms with Crippen molar-refractivity contribution >= 4 is 6.34 Å². The lowest BCUT2D eigenvalue weighted by Gasteiger charge is -2.37. The summed E-state index contributed by atoms with van der Waals surface area (Å²) in [6.45, 7) is 1.41. The Morgan fingerprint density at radius 2 is 1.96 bits per heavy atom. The van der Waals surface area contributed by atoms with Gasteiger partial charge in [0, 0.05) is 31.6 Å². The first-order valence-electron chi connectivity index (χ1n) is 7.88. The number of rotatable bonds is 6. The van der Waals surface area contributed by atoms with Crippen LogP contribution in [0.25, 0.3) is 0 Å². The van der Waals surface area contributed by atoms with Gasteiger partial charge in [-0.2, -0.15) is 0 Å². The molecule has 0 fully saturated rings. The van der Waals surface area contributed by atoms with Crippen LogP contribution in [0.15, 0.2) is 35.7 Å². The van der Waals surface area contributed by atoms with Crippen LogP contribution in [0.4, 0.5) is 13.2 Å². The number of hydrogen-bond donors (Lipinski definition) is 1. The van der Waals surface area contributed by atoms with E-state index in [0.29, 0.717) is 6.07 Å². The second-order valence-corrected chi connectivity index (χ2v) is 5.81. The summed E-state index contributed by atoms with van der Waals surface area (Å²) >= 11 is 0. The fraction of sp³-hybridized carbons (Fsp3) is 0.316. The number of likely N-dealkylation sites (N-methyl/N-ethyl adjacent to an activating group) is 1. The average molecular weight is 378 g/mol. The Morgan fingerprint density at radius 1 is 1.30 bits per heavy atom. The van der Waals surface area contributed by atoms with Crippen LogP contribution in [0.1, 0.15) is 24.1 Å². The van der Waals surface area contributed by atoms with Crippen LogP contribution < -0.4 is 0 Å². The topological polar surface area (TPSA) is 61.6 Å². The van der Waals surface area contributed by atoms with Crippen LogP contribution in [0.5, 0.6) is 0 Å². The van der Waals surface area contributed by atoms with Crippen molar-refractivity contribution in [2.75, 3.05) is 20.6 Å². The van der Waals surface area contributed by atoms with Gasteiger partial charge in [-0.15, -0.1) is 12.8 Å². The zero-order valence-corrected chi connectivity index (χ0v) is 15.3. The Hall–Kier alpha value is -2.92. The molecule has 5 nitrogen and oxygen atoms in total. The first-order valence-corrected chi connectivity index (χ1v) is 7.88. The Labute approximate surface area is 156 Å². The molecule has 144 valence electrons. The molecule has 8 heteroatoms. The molecule has 1 unspecified atom stereocenters. The minimum Gasteiger partial charge on any atom is -0.382 e. The summed E-state index contributed by atoms with van der Waals surface area (Å²) in [5.74, 6) is -3.36. The van der Waals surface area contributed by atoms with Crippen molar-refractivity contribution in [2.45, 2.75) is 18.4 Å². The number of aromatic nitrogens is 2. The van der Waals surface area contributed by atoms with Crippen LogP contribution in [0, 0.1) is 30.3 Å². The molecule has 27 heavy (non-hydrogen) atoms. The number of aliphatic hydroxyl groups is 1. The first-order chi connectivity index (χ1) is 12.8. The highest BCUT2D eigenvalue weighted by Crippen LogP contribution is 2.38. The maximum absolute atomic E-state index is 14.4. The summed E-state index contributed by atoms with van der Waals surface area (Å²) in [6, 6.07) is 2.87. The highest BCUT2D eigenvalue weighted by Gasteiger charge is 2.41. The molecule has 1 N–H and O–H groups in total. The third-order valence-corrected chi connectivity index (χ3v) is 4.02. The zero-order chi connectivity index (χ0) is 20.6. The van der Waals surface area contributed by atoms with Crippen molar-refractivity contribution in [3.8, 4) is 12.8 Å². The predicted molar refractivity (Wildman–Crippen MR) is 97.6 cm³/mol. The van der Waals surface area contributed by atoms with Gasteiger partial charge in [0.1, 0.15) is 23.6 Å². The molecule has 0 saturated carbocycles.